The summed E-state index contributed by atoms with van der Waals surface area (Å²) < 4.78 is 11.1. The van der Waals surface area contributed by atoms with E-state index in [1.807, 2.05) is 0 Å². The number of nitrogens with one attached hydrogen (secondary N) is 1. The summed E-state index contributed by atoms with van der Waals surface area (Å²) in [5.74, 6) is -0.963. The normalized spacial score (nSPS) is 10.7. The van der Waals surface area contributed by atoms with Crippen LogP contribution in [0.2, 0.25) is 0 Å². The first-order chi connectivity index (χ1) is 8.49. The van der Waals surface area contributed by atoms with Gasteiger partial charge in [-0.3, -0.25) is 4.79 Å². The predicted molar refractivity (Wildman–Crippen MR) is 60.0 cm³/mol. The van der Waals surface area contributed by atoms with Gasteiger partial charge in [-0.25, -0.2) is 0 Å². The molecule has 1 heterocycles. The van der Waals surface area contributed by atoms with Gasteiger partial charge in [0, 0.05) is 21.3 Å². The number of hydrogen-bond acceptors (Lipinski definition) is 6. The van der Waals surface area contributed by atoms with Gasteiger partial charge < -0.3 is 29.5 Å². The largest absolute Gasteiger partial charge is 0.382 e. The zero-order valence-corrected chi connectivity index (χ0v) is 10.2. The Bertz CT molecular complexity index is 440. The number of imidazole rings is 1. The van der Waals surface area contributed by atoms with Crippen LogP contribution in [0, 0.1) is 10.1 Å². The molecule has 0 aliphatic carbocycles. The van der Waals surface area contributed by atoms with Crippen LogP contribution >= 0.6 is 0 Å². The first kappa shape index (κ1) is 14.1. The number of nitro groups is 1. The zero-order chi connectivity index (χ0) is 13.7. The summed E-state index contributed by atoms with van der Waals surface area (Å²) in [5, 5.41) is 13.0. The van der Waals surface area contributed by atoms with Crippen LogP contribution in [0.1, 0.15) is 10.6 Å². The van der Waals surface area contributed by atoms with E-state index in [0.717, 1.165) is 0 Å². The van der Waals surface area contributed by atoms with Crippen molar-refractivity contribution in [2.24, 2.45) is 7.05 Å². The molecule has 0 spiro atoms. The van der Waals surface area contributed by atoms with Crippen molar-refractivity contribution in [2.75, 3.05) is 20.8 Å². The number of methoxy groups -OCH3 is 2. The van der Waals surface area contributed by atoms with E-state index in [2.05, 4.69) is 10.3 Å². The molecule has 0 saturated carbocycles. The fourth-order valence-corrected chi connectivity index (χ4v) is 1.27. The van der Waals surface area contributed by atoms with E-state index in [1.54, 1.807) is 0 Å². The monoisotopic (exact) mass is 258 g/mol. The van der Waals surface area contributed by atoms with Gasteiger partial charge in [0.15, 0.2) is 6.29 Å². The summed E-state index contributed by atoms with van der Waals surface area (Å²) in [7, 11) is 4.37. The molecular weight excluding hydrogens is 244 g/mol. The van der Waals surface area contributed by atoms with Gasteiger partial charge in [-0.1, -0.05) is 0 Å². The highest BCUT2D eigenvalue weighted by atomic mass is 16.7. The number of amides is 1. The second-order valence-electron chi connectivity index (χ2n) is 3.40. The number of hydrogen-bond donors (Lipinski definition) is 1. The van der Waals surface area contributed by atoms with E-state index >= 15 is 0 Å². The van der Waals surface area contributed by atoms with Gasteiger partial charge in [-0.2, -0.15) is 0 Å². The average molecular weight is 258 g/mol. The number of nitrogens with zero attached hydrogens (tertiary/aromatic N) is 3. The Kier molecular flexibility index (Phi) is 4.75. The Morgan fingerprint density at radius 2 is 2.22 bits per heavy atom. The minimum absolute atomic E-state index is 0.0485. The van der Waals surface area contributed by atoms with Crippen LogP contribution in [-0.4, -0.2) is 47.4 Å². The zero-order valence-electron chi connectivity index (χ0n) is 10.2. The van der Waals surface area contributed by atoms with E-state index in [-0.39, 0.29) is 18.2 Å². The molecule has 1 aromatic rings. The minimum Gasteiger partial charge on any atom is -0.358 e. The molecule has 1 amide bonds. The summed E-state index contributed by atoms with van der Waals surface area (Å²) in [6, 6.07) is 0. The summed E-state index contributed by atoms with van der Waals surface area (Å²) in [6.45, 7) is 0.118. The molecule has 100 valence electrons. The predicted octanol–water partition coefficient (Wildman–Crippen LogP) is -0.323. The molecule has 0 bridgehead atoms. The summed E-state index contributed by atoms with van der Waals surface area (Å²) in [4.78, 5) is 25.2. The molecule has 1 N–H and O–H groups in total. The highest BCUT2D eigenvalue weighted by molar-refractivity contribution is 5.91. The molecule has 9 heteroatoms. The van der Waals surface area contributed by atoms with Gasteiger partial charge in [-0.15, -0.1) is 0 Å². The van der Waals surface area contributed by atoms with Crippen molar-refractivity contribution in [3.05, 3.63) is 22.1 Å². The van der Waals surface area contributed by atoms with Crippen molar-refractivity contribution < 1.29 is 19.2 Å². The minimum atomic E-state index is -0.663. The fourth-order valence-electron chi connectivity index (χ4n) is 1.27. The lowest BCUT2D eigenvalue weighted by Crippen LogP contribution is -2.35. The Morgan fingerprint density at radius 3 is 2.67 bits per heavy atom. The standard InChI is InChI=1S/C9H14N4O5/c1-12-5-6(13(15)16)11-8(12)9(14)10-4-7(17-2)18-3/h5,7H,4H2,1-3H3,(H,10,14). The van der Waals surface area contributed by atoms with Crippen LogP contribution in [0.15, 0.2) is 6.20 Å². The first-order valence-electron chi connectivity index (χ1n) is 5.01. The van der Waals surface area contributed by atoms with Crippen molar-refractivity contribution >= 4 is 11.7 Å². The maximum absolute atomic E-state index is 11.7. The Labute approximate surface area is 103 Å². The number of carbonyl (C=O) groups is 1. The van der Waals surface area contributed by atoms with Crippen molar-refractivity contribution in [2.45, 2.75) is 6.29 Å². The lowest BCUT2D eigenvalue weighted by atomic mass is 10.5. The molecule has 9 nitrogen and oxygen atoms in total. The van der Waals surface area contributed by atoms with E-state index in [9.17, 15) is 14.9 Å². The number of aromatic nitrogens is 2. The van der Waals surface area contributed by atoms with Crippen LogP contribution in [0.4, 0.5) is 5.82 Å². The van der Waals surface area contributed by atoms with Crippen molar-refractivity contribution in [1.82, 2.24) is 14.9 Å². The molecule has 1 rings (SSSR count). The van der Waals surface area contributed by atoms with Crippen LogP contribution in [0.5, 0.6) is 0 Å². The number of carbonyl (C=O) groups excluding carboxylic acids is 1. The van der Waals surface area contributed by atoms with E-state index in [0.29, 0.717) is 0 Å². The second-order valence-corrected chi connectivity index (χ2v) is 3.40. The maximum atomic E-state index is 11.7. The maximum Gasteiger partial charge on any atom is 0.382 e. The third-order valence-corrected chi connectivity index (χ3v) is 2.21. The van der Waals surface area contributed by atoms with Gasteiger partial charge in [0.05, 0.1) is 6.54 Å². The average Bonchev–Trinajstić information content (AvgIpc) is 2.72. The molecule has 18 heavy (non-hydrogen) atoms. The Hall–Kier alpha value is -2.00. The Morgan fingerprint density at radius 1 is 1.61 bits per heavy atom. The van der Waals surface area contributed by atoms with E-state index < -0.39 is 17.1 Å². The van der Waals surface area contributed by atoms with Crippen molar-refractivity contribution in [1.29, 1.82) is 0 Å². The van der Waals surface area contributed by atoms with Crippen LogP contribution in [0.3, 0.4) is 0 Å². The molecule has 0 radical (unpaired) electrons. The lowest BCUT2D eigenvalue weighted by molar-refractivity contribution is -0.389. The highest BCUT2D eigenvalue weighted by Gasteiger charge is 2.23. The van der Waals surface area contributed by atoms with Crippen LogP contribution in [-0.2, 0) is 16.5 Å². The highest BCUT2D eigenvalue weighted by Crippen LogP contribution is 2.09. The SMILES string of the molecule is COC(CNC(=O)c1nc([N+](=O)[O-])cn1C)OC. The number of aryl methyl sites for hydroxylation is 1. The molecule has 0 aromatic carbocycles. The smallest absolute Gasteiger partial charge is 0.358 e. The molecule has 0 atom stereocenters. The van der Waals surface area contributed by atoms with E-state index in [1.165, 1.54) is 32.0 Å². The quantitative estimate of drug-likeness (QED) is 0.425. The van der Waals surface area contributed by atoms with Gasteiger partial charge in [0.25, 0.3) is 0 Å². The van der Waals surface area contributed by atoms with Crippen molar-refractivity contribution in [3.8, 4) is 0 Å². The van der Waals surface area contributed by atoms with Gasteiger partial charge in [0.2, 0.25) is 0 Å². The van der Waals surface area contributed by atoms with E-state index in [4.69, 9.17) is 9.47 Å². The van der Waals surface area contributed by atoms with Crippen LogP contribution in [0.25, 0.3) is 0 Å². The van der Waals surface area contributed by atoms with Crippen molar-refractivity contribution in [3.63, 3.8) is 0 Å². The van der Waals surface area contributed by atoms with Crippen LogP contribution < -0.4 is 5.32 Å². The molecule has 0 aliphatic rings. The summed E-state index contributed by atoms with van der Waals surface area (Å²) >= 11 is 0. The number of rotatable bonds is 6. The summed E-state index contributed by atoms with van der Waals surface area (Å²) in [6.07, 6.45) is 0.586. The Balaban J connectivity index is 2.69. The third kappa shape index (κ3) is 3.25. The van der Waals surface area contributed by atoms with Gasteiger partial charge >= 0.3 is 17.5 Å². The fraction of sp³-hybridized carbons (Fsp3) is 0.556. The molecular formula is C9H14N4O5. The molecule has 0 saturated heterocycles. The first-order valence-corrected chi connectivity index (χ1v) is 5.01. The van der Waals surface area contributed by atoms with Gasteiger partial charge in [0.1, 0.15) is 6.20 Å². The second kappa shape index (κ2) is 6.07. The summed E-state index contributed by atoms with van der Waals surface area (Å²) in [5.41, 5.74) is 0. The molecule has 0 unspecified atom stereocenters. The molecule has 0 fully saturated rings. The third-order valence-electron chi connectivity index (χ3n) is 2.21. The lowest BCUT2D eigenvalue weighted by Gasteiger charge is -2.12. The number of ether oxygens (including phenoxy) is 2. The molecule has 0 aliphatic heterocycles. The topological polar surface area (TPSA) is 109 Å². The van der Waals surface area contributed by atoms with Gasteiger partial charge in [-0.05, 0) is 9.91 Å². The molecule has 1 aromatic heterocycles.